The second kappa shape index (κ2) is 8.77. The number of anilines is 5. The molecule has 0 saturated heterocycles. The van der Waals surface area contributed by atoms with Gasteiger partial charge in [-0.1, -0.05) is 18.2 Å². The van der Waals surface area contributed by atoms with Crippen LogP contribution < -0.4 is 21.7 Å². The van der Waals surface area contributed by atoms with Gasteiger partial charge in [0.2, 0.25) is 17.8 Å². The SMILES string of the molecule is Nc1cccc(Nc2nc(NCCO)nc(NCc3ccc(F)cc3)n2)c1. The summed E-state index contributed by atoms with van der Waals surface area (Å²) in [5.41, 5.74) is 8.02. The van der Waals surface area contributed by atoms with E-state index in [4.69, 9.17) is 10.8 Å². The lowest BCUT2D eigenvalue weighted by molar-refractivity contribution is 0.311. The van der Waals surface area contributed by atoms with Crippen LogP contribution in [0, 0.1) is 5.82 Å². The molecule has 0 spiro atoms. The van der Waals surface area contributed by atoms with Crippen LogP contribution in [0.3, 0.4) is 0 Å². The molecule has 0 fully saturated rings. The van der Waals surface area contributed by atoms with Crippen LogP contribution >= 0.6 is 0 Å². The predicted molar refractivity (Wildman–Crippen MR) is 103 cm³/mol. The molecule has 0 aliphatic heterocycles. The van der Waals surface area contributed by atoms with Crippen LogP contribution in [-0.4, -0.2) is 33.2 Å². The van der Waals surface area contributed by atoms with Crippen LogP contribution in [0.15, 0.2) is 48.5 Å². The third-order valence-electron chi connectivity index (χ3n) is 3.54. The van der Waals surface area contributed by atoms with Crippen LogP contribution in [-0.2, 0) is 6.54 Å². The van der Waals surface area contributed by atoms with Crippen molar-refractivity contribution in [3.63, 3.8) is 0 Å². The Hall–Kier alpha value is -3.46. The molecule has 6 N–H and O–H groups in total. The average molecular weight is 369 g/mol. The van der Waals surface area contributed by atoms with Gasteiger partial charge in [0.25, 0.3) is 0 Å². The Morgan fingerprint density at radius 2 is 1.63 bits per heavy atom. The molecule has 140 valence electrons. The maximum atomic E-state index is 13.0. The van der Waals surface area contributed by atoms with Crippen LogP contribution in [0.5, 0.6) is 0 Å². The molecular formula is C18H20FN7O. The van der Waals surface area contributed by atoms with E-state index in [1.54, 1.807) is 24.3 Å². The van der Waals surface area contributed by atoms with E-state index in [1.807, 2.05) is 12.1 Å². The van der Waals surface area contributed by atoms with E-state index in [2.05, 4.69) is 30.9 Å². The van der Waals surface area contributed by atoms with Gasteiger partial charge in [-0.2, -0.15) is 15.0 Å². The van der Waals surface area contributed by atoms with E-state index in [0.29, 0.717) is 36.6 Å². The second-order valence-corrected chi connectivity index (χ2v) is 5.69. The molecule has 0 radical (unpaired) electrons. The van der Waals surface area contributed by atoms with Gasteiger partial charge in [0.1, 0.15) is 5.82 Å². The molecule has 0 amide bonds. The minimum Gasteiger partial charge on any atom is -0.399 e. The number of hydrogen-bond acceptors (Lipinski definition) is 8. The zero-order chi connectivity index (χ0) is 19.1. The fraction of sp³-hybridized carbons (Fsp3) is 0.167. The van der Waals surface area contributed by atoms with Gasteiger partial charge in [-0.15, -0.1) is 0 Å². The predicted octanol–water partition coefficient (Wildman–Crippen LogP) is 2.35. The van der Waals surface area contributed by atoms with Crippen LogP contribution in [0.2, 0.25) is 0 Å². The number of nitrogens with zero attached hydrogens (tertiary/aromatic N) is 3. The highest BCUT2D eigenvalue weighted by Crippen LogP contribution is 2.18. The fourth-order valence-corrected chi connectivity index (χ4v) is 2.29. The standard InChI is InChI=1S/C18H20FN7O/c19-13-6-4-12(5-7-13)11-22-17-24-16(21-8-9-27)25-18(26-17)23-15-3-1-2-14(20)10-15/h1-7,10,27H,8-9,11,20H2,(H3,21,22,23,24,25,26). The molecule has 8 nitrogen and oxygen atoms in total. The minimum atomic E-state index is -0.289. The molecular weight excluding hydrogens is 349 g/mol. The highest BCUT2D eigenvalue weighted by molar-refractivity contribution is 5.60. The van der Waals surface area contributed by atoms with Crippen molar-refractivity contribution in [1.29, 1.82) is 0 Å². The van der Waals surface area contributed by atoms with Gasteiger partial charge in [-0.05, 0) is 35.9 Å². The number of aliphatic hydroxyl groups excluding tert-OH is 1. The van der Waals surface area contributed by atoms with Crippen LogP contribution in [0.1, 0.15) is 5.56 Å². The maximum Gasteiger partial charge on any atom is 0.233 e. The lowest BCUT2D eigenvalue weighted by Gasteiger charge is -2.11. The Morgan fingerprint density at radius 3 is 2.33 bits per heavy atom. The lowest BCUT2D eigenvalue weighted by Crippen LogP contribution is -2.13. The van der Waals surface area contributed by atoms with Gasteiger partial charge in [-0.25, -0.2) is 4.39 Å². The zero-order valence-corrected chi connectivity index (χ0v) is 14.5. The molecule has 1 aromatic heterocycles. The summed E-state index contributed by atoms with van der Waals surface area (Å²) in [7, 11) is 0. The monoisotopic (exact) mass is 369 g/mol. The summed E-state index contributed by atoms with van der Waals surface area (Å²) in [4.78, 5) is 12.9. The lowest BCUT2D eigenvalue weighted by atomic mass is 10.2. The summed E-state index contributed by atoms with van der Waals surface area (Å²) >= 11 is 0. The molecule has 0 unspecified atom stereocenters. The molecule has 0 saturated carbocycles. The first kappa shape index (κ1) is 18.3. The van der Waals surface area contributed by atoms with E-state index >= 15 is 0 Å². The highest BCUT2D eigenvalue weighted by atomic mass is 19.1. The molecule has 0 atom stereocenters. The van der Waals surface area contributed by atoms with Gasteiger partial charge >= 0.3 is 0 Å². The van der Waals surface area contributed by atoms with Gasteiger partial charge in [-0.3, -0.25) is 0 Å². The fourth-order valence-electron chi connectivity index (χ4n) is 2.29. The van der Waals surface area contributed by atoms with Crippen molar-refractivity contribution in [2.45, 2.75) is 6.54 Å². The van der Waals surface area contributed by atoms with Crippen molar-refractivity contribution >= 4 is 29.2 Å². The number of rotatable bonds is 8. The quantitative estimate of drug-likeness (QED) is 0.384. The van der Waals surface area contributed by atoms with Crippen molar-refractivity contribution in [2.24, 2.45) is 0 Å². The van der Waals surface area contributed by atoms with Crippen molar-refractivity contribution in [3.05, 3.63) is 59.9 Å². The summed E-state index contributed by atoms with van der Waals surface area (Å²) in [6, 6.07) is 13.3. The summed E-state index contributed by atoms with van der Waals surface area (Å²) in [6.45, 7) is 0.669. The van der Waals surface area contributed by atoms with Gasteiger partial charge in [0, 0.05) is 24.5 Å². The number of nitrogens with one attached hydrogen (secondary N) is 3. The zero-order valence-electron chi connectivity index (χ0n) is 14.5. The molecule has 3 rings (SSSR count). The van der Waals surface area contributed by atoms with Gasteiger partial charge in [0.15, 0.2) is 0 Å². The van der Waals surface area contributed by atoms with E-state index in [-0.39, 0.29) is 12.4 Å². The average Bonchev–Trinajstić information content (AvgIpc) is 2.66. The second-order valence-electron chi connectivity index (χ2n) is 5.69. The van der Waals surface area contributed by atoms with E-state index in [0.717, 1.165) is 11.3 Å². The number of hydrogen-bond donors (Lipinski definition) is 5. The number of halogens is 1. The summed E-state index contributed by atoms with van der Waals surface area (Å²) in [5, 5.41) is 18.1. The van der Waals surface area contributed by atoms with E-state index < -0.39 is 0 Å². The van der Waals surface area contributed by atoms with Crippen molar-refractivity contribution in [2.75, 3.05) is 34.8 Å². The Kier molecular flexibility index (Phi) is 5.95. The molecule has 0 bridgehead atoms. The van der Waals surface area contributed by atoms with Crippen molar-refractivity contribution in [1.82, 2.24) is 15.0 Å². The topological polar surface area (TPSA) is 121 Å². The Morgan fingerprint density at radius 1 is 0.926 bits per heavy atom. The van der Waals surface area contributed by atoms with Crippen LogP contribution in [0.4, 0.5) is 33.6 Å². The summed E-state index contributed by atoms with van der Waals surface area (Å²) in [6.07, 6.45) is 0. The number of aliphatic hydroxyl groups is 1. The Bertz CT molecular complexity index is 889. The van der Waals surface area contributed by atoms with Crippen LogP contribution in [0.25, 0.3) is 0 Å². The number of nitrogens with two attached hydrogens (primary N) is 1. The summed E-state index contributed by atoms with van der Waals surface area (Å²) in [5.74, 6) is 0.675. The normalized spacial score (nSPS) is 10.4. The molecule has 27 heavy (non-hydrogen) atoms. The van der Waals surface area contributed by atoms with Gasteiger partial charge < -0.3 is 26.8 Å². The molecule has 9 heteroatoms. The summed E-state index contributed by atoms with van der Waals surface area (Å²) < 4.78 is 13.0. The molecule has 3 aromatic rings. The minimum absolute atomic E-state index is 0.0536. The smallest absolute Gasteiger partial charge is 0.233 e. The Balaban J connectivity index is 1.77. The first-order valence-electron chi connectivity index (χ1n) is 8.34. The first-order chi connectivity index (χ1) is 13.1. The van der Waals surface area contributed by atoms with E-state index in [1.165, 1.54) is 12.1 Å². The van der Waals surface area contributed by atoms with Crippen molar-refractivity contribution < 1.29 is 9.50 Å². The number of aromatic nitrogens is 3. The first-order valence-corrected chi connectivity index (χ1v) is 8.34. The Labute approximate surface area is 155 Å². The molecule has 1 heterocycles. The maximum absolute atomic E-state index is 13.0. The third kappa shape index (κ3) is 5.51. The molecule has 2 aromatic carbocycles. The highest BCUT2D eigenvalue weighted by Gasteiger charge is 2.07. The van der Waals surface area contributed by atoms with Gasteiger partial charge in [0.05, 0.1) is 6.61 Å². The number of nitrogen functional groups attached to an aromatic ring is 1. The molecule has 0 aliphatic rings. The third-order valence-corrected chi connectivity index (χ3v) is 3.54. The largest absolute Gasteiger partial charge is 0.399 e. The molecule has 0 aliphatic carbocycles. The number of benzene rings is 2. The van der Waals surface area contributed by atoms with Crippen molar-refractivity contribution in [3.8, 4) is 0 Å². The van der Waals surface area contributed by atoms with E-state index in [9.17, 15) is 4.39 Å².